The van der Waals surface area contributed by atoms with Crippen molar-refractivity contribution in [2.24, 2.45) is 0 Å². The highest BCUT2D eigenvalue weighted by Crippen LogP contribution is 2.27. The predicted molar refractivity (Wildman–Crippen MR) is 139 cm³/mol. The maximum atomic E-state index is 12.0. The molecule has 0 heterocycles. The van der Waals surface area contributed by atoms with E-state index in [9.17, 15) is 31.0 Å². The Morgan fingerprint density at radius 1 is 0.722 bits per heavy atom. The van der Waals surface area contributed by atoms with Crippen LogP contribution < -0.4 is 18.9 Å². The molecule has 15 nitrogen and oxygen atoms in total. The van der Waals surface area contributed by atoms with E-state index in [0.717, 1.165) is 13.8 Å². The zero-order chi connectivity index (χ0) is 28.4. The lowest BCUT2D eigenvalue weighted by Gasteiger charge is -2.19. The molecule has 0 aromatic rings. The zero-order valence-electron chi connectivity index (χ0n) is 21.8. The summed E-state index contributed by atoms with van der Waals surface area (Å²) in [4.78, 5) is 23.3. The van der Waals surface area contributed by atoms with E-state index in [1.165, 1.54) is 0 Å². The molecule has 0 fully saturated rings. The van der Waals surface area contributed by atoms with Crippen molar-refractivity contribution in [2.75, 3.05) is 13.2 Å². The lowest BCUT2D eigenvalue weighted by Crippen LogP contribution is -2.45. The quantitative estimate of drug-likeness (QED) is 0.112. The normalized spacial score (nSPS) is 15.4. The Hall–Kier alpha value is -1.06. The number of ether oxygens (including phenoxy) is 2. The van der Waals surface area contributed by atoms with Crippen molar-refractivity contribution in [3.63, 3.8) is 0 Å². The van der Waals surface area contributed by atoms with Gasteiger partial charge >= 0.3 is 40.9 Å². The Labute approximate surface area is 216 Å². The van der Waals surface area contributed by atoms with E-state index < -0.39 is 69.5 Å². The molecule has 0 rings (SSSR count). The number of hydrogen-bond acceptors (Lipinski definition) is 11. The molecular formula is C16H39N4O11PS2Si2. The van der Waals surface area contributed by atoms with E-state index in [1.54, 1.807) is 9.44 Å². The van der Waals surface area contributed by atoms with E-state index in [4.69, 9.17) is 18.5 Å². The summed E-state index contributed by atoms with van der Waals surface area (Å²) in [6.07, 6.45) is -5.23. The van der Waals surface area contributed by atoms with Gasteiger partial charge in [0.1, 0.15) is 12.5 Å². The highest BCUT2D eigenvalue weighted by atomic mass is 32.2. The minimum atomic E-state index is -4.42. The van der Waals surface area contributed by atoms with Crippen molar-refractivity contribution < 1.29 is 49.5 Å². The molecule has 20 heteroatoms. The highest BCUT2D eigenvalue weighted by molar-refractivity contribution is 7.88. The van der Waals surface area contributed by atoms with Gasteiger partial charge in [-0.1, -0.05) is 39.3 Å². The van der Waals surface area contributed by atoms with Crippen molar-refractivity contribution in [2.45, 2.75) is 77.7 Å². The maximum absolute atomic E-state index is 12.0. The molecule has 2 atom stereocenters. The number of carbonyl (C=O) groups excluding carboxylic acids is 2. The molecule has 36 heavy (non-hydrogen) atoms. The Morgan fingerprint density at radius 2 is 1.03 bits per heavy atom. The van der Waals surface area contributed by atoms with Gasteiger partial charge in [-0.2, -0.15) is 26.3 Å². The molecule has 4 N–H and O–H groups in total. The largest absolute Gasteiger partial charge is 0.449 e. The first kappa shape index (κ1) is 34.9. The number of hydrogen-bond donors (Lipinski definition) is 4. The summed E-state index contributed by atoms with van der Waals surface area (Å²) in [5.74, 6) is 0. The van der Waals surface area contributed by atoms with Gasteiger partial charge in [0, 0.05) is 16.1 Å². The first-order chi connectivity index (χ1) is 16.1. The average molecular weight is 615 g/mol. The first-order valence-electron chi connectivity index (χ1n) is 10.9. The molecule has 2 unspecified atom stereocenters. The summed E-state index contributed by atoms with van der Waals surface area (Å²) in [6, 6.07) is 1.29. The summed E-state index contributed by atoms with van der Waals surface area (Å²) >= 11 is 0. The third kappa shape index (κ3) is 20.1. The molecule has 0 aliphatic heterocycles. The van der Waals surface area contributed by atoms with Gasteiger partial charge < -0.3 is 9.47 Å². The molecule has 0 spiro atoms. The van der Waals surface area contributed by atoms with Gasteiger partial charge in [-0.15, -0.1) is 0 Å². The van der Waals surface area contributed by atoms with Crippen LogP contribution in [-0.4, -0.2) is 70.8 Å². The van der Waals surface area contributed by atoms with Crippen molar-refractivity contribution >= 4 is 57.0 Å². The Bertz CT molecular complexity index is 894. The van der Waals surface area contributed by atoms with Gasteiger partial charge in [0.25, 0.3) is 0 Å². The van der Waals surface area contributed by atoms with Crippen LogP contribution in [0, 0.1) is 0 Å². The minimum absolute atomic E-state index is 0.0590. The van der Waals surface area contributed by atoms with Crippen LogP contribution in [0.25, 0.3) is 0 Å². The van der Waals surface area contributed by atoms with Crippen molar-refractivity contribution in [3.8, 4) is 0 Å². The second-order valence-electron chi connectivity index (χ2n) is 10.1. The fourth-order valence-electron chi connectivity index (χ4n) is 2.04. The summed E-state index contributed by atoms with van der Waals surface area (Å²) in [7, 11) is -15.2. The van der Waals surface area contributed by atoms with Crippen LogP contribution >= 0.6 is 8.25 Å². The van der Waals surface area contributed by atoms with E-state index in [1.807, 2.05) is 9.44 Å². The number of rotatable bonds is 16. The van der Waals surface area contributed by atoms with Crippen molar-refractivity contribution in [3.05, 3.63) is 0 Å². The van der Waals surface area contributed by atoms with Crippen LogP contribution in [0.5, 0.6) is 0 Å². The number of nitrogens with one attached hydrogen (secondary N) is 4. The molecule has 0 bridgehead atoms. The lowest BCUT2D eigenvalue weighted by molar-refractivity contribution is 0.135. The topological polar surface area (TPSA) is 205 Å². The van der Waals surface area contributed by atoms with Gasteiger partial charge in [0.05, 0.1) is 13.2 Å². The smallest absolute Gasteiger partial charge is 0.421 e. The molecule has 0 aliphatic rings. The van der Waals surface area contributed by atoms with E-state index >= 15 is 0 Å². The minimum Gasteiger partial charge on any atom is -0.449 e. The summed E-state index contributed by atoms with van der Waals surface area (Å²) in [5.41, 5.74) is 0. The van der Waals surface area contributed by atoms with Gasteiger partial charge in [0.2, 0.25) is 0 Å². The third-order valence-electron chi connectivity index (χ3n) is 3.79. The lowest BCUT2D eigenvalue weighted by atomic mass is 10.7. The van der Waals surface area contributed by atoms with Gasteiger partial charge in [-0.25, -0.2) is 19.0 Å². The van der Waals surface area contributed by atoms with Gasteiger partial charge in [-0.3, -0.25) is 13.6 Å². The number of amides is 2. The van der Waals surface area contributed by atoms with Crippen LogP contribution in [0.4, 0.5) is 9.59 Å². The van der Waals surface area contributed by atoms with Crippen LogP contribution in [-0.2, 0) is 43.5 Å². The van der Waals surface area contributed by atoms with Crippen LogP contribution in [0.1, 0.15) is 13.8 Å². The molecule has 214 valence electrons. The standard InChI is InChI=1S/C16H39N4O11PS2Si2/c1-13(17-33(24,25)19-15(21)28-9-11-35(3,4)5)30-32(23)31-14(2)18-34(26,27)20-16(22)29-10-12-36(6,7)8/h13-14,17-18,32H,9-12H2,1-8H3,(H,19,21)(H,20,22). The first-order valence-corrected chi connectivity index (χ1v) is 22.5. The molecular weight excluding hydrogens is 575 g/mol. The molecule has 0 aromatic heterocycles. The van der Waals surface area contributed by atoms with E-state index in [2.05, 4.69) is 39.3 Å². The number of carbonyl (C=O) groups is 2. The molecule has 0 radical (unpaired) electrons. The summed E-state index contributed by atoms with van der Waals surface area (Å²) in [6.45, 7) is 14.8. The zero-order valence-corrected chi connectivity index (χ0v) is 26.4. The second-order valence-corrected chi connectivity index (χ2v) is 25.2. The van der Waals surface area contributed by atoms with Gasteiger partial charge in [0.15, 0.2) is 0 Å². The highest BCUT2D eigenvalue weighted by Gasteiger charge is 2.24. The second kappa shape index (κ2) is 14.8. The molecule has 0 saturated carbocycles. The predicted octanol–water partition coefficient (Wildman–Crippen LogP) is 1.90. The Balaban J connectivity index is 4.52. The van der Waals surface area contributed by atoms with Crippen molar-refractivity contribution in [1.82, 2.24) is 18.9 Å². The fourth-order valence-corrected chi connectivity index (χ4v) is 6.03. The maximum Gasteiger partial charge on any atom is 0.421 e. The van der Waals surface area contributed by atoms with Crippen molar-refractivity contribution in [1.29, 1.82) is 0 Å². The van der Waals surface area contributed by atoms with Crippen LogP contribution in [0.15, 0.2) is 0 Å². The Morgan fingerprint density at radius 3 is 1.31 bits per heavy atom. The van der Waals surface area contributed by atoms with E-state index in [0.29, 0.717) is 12.1 Å². The third-order valence-corrected chi connectivity index (χ3v) is 10.4. The summed E-state index contributed by atoms with van der Waals surface area (Å²) in [5, 5.41) is 0. The summed E-state index contributed by atoms with van der Waals surface area (Å²) < 4.78 is 86.2. The molecule has 0 aliphatic carbocycles. The van der Waals surface area contributed by atoms with Gasteiger partial charge in [-0.05, 0) is 25.9 Å². The van der Waals surface area contributed by atoms with E-state index in [-0.39, 0.29) is 13.2 Å². The average Bonchev–Trinajstić information content (AvgIpc) is 2.56. The molecule has 0 aromatic carbocycles. The monoisotopic (exact) mass is 614 g/mol. The SMILES string of the molecule is CC(NS(=O)(=O)NC(=O)OCC[Si](C)(C)C)O[PH](=O)OC(C)NS(=O)(=O)NC(=O)OCC[Si](C)(C)C. The van der Waals surface area contributed by atoms with Crippen LogP contribution in [0.3, 0.4) is 0 Å². The Kier molecular flexibility index (Phi) is 14.3. The fraction of sp³-hybridized carbons (Fsp3) is 0.875. The van der Waals surface area contributed by atoms with Crippen LogP contribution in [0.2, 0.25) is 51.4 Å². The molecule has 2 amide bonds. The molecule has 0 saturated heterocycles.